The highest BCUT2D eigenvalue weighted by molar-refractivity contribution is 5.92. The molecule has 2 nitrogen and oxygen atoms in total. The normalized spacial score (nSPS) is 27.9. The van der Waals surface area contributed by atoms with Crippen LogP contribution in [0.4, 0.5) is 0 Å². The van der Waals surface area contributed by atoms with Crippen LogP contribution in [0, 0.1) is 0 Å². The number of benzene rings is 1. The third kappa shape index (κ3) is 0.884. The average Bonchev–Trinajstić information content (AvgIpc) is 2.74. The van der Waals surface area contributed by atoms with E-state index in [-0.39, 0.29) is 5.92 Å². The first-order valence-electron chi connectivity index (χ1n) is 5.00. The quantitative estimate of drug-likeness (QED) is 0.675. The van der Waals surface area contributed by atoms with Crippen LogP contribution in [0.1, 0.15) is 35.8 Å². The molecule has 0 saturated heterocycles. The Morgan fingerprint density at radius 2 is 2.21 bits per heavy atom. The fraction of sp³-hybridized carbons (Fsp3) is 0.417. The van der Waals surface area contributed by atoms with E-state index in [0.29, 0.717) is 11.7 Å². The van der Waals surface area contributed by atoms with Crippen LogP contribution in [0.3, 0.4) is 0 Å². The van der Waals surface area contributed by atoms with Gasteiger partial charge in [-0.3, -0.25) is 4.79 Å². The van der Waals surface area contributed by atoms with E-state index in [1.165, 1.54) is 11.1 Å². The number of methoxy groups -OCH3 is 1. The minimum Gasteiger partial charge on any atom is -0.497 e. The number of fused-ring (bicyclic) bond motifs is 5. The van der Waals surface area contributed by atoms with Crippen LogP contribution in [0.15, 0.2) is 18.2 Å². The van der Waals surface area contributed by atoms with Crippen LogP contribution in [0.5, 0.6) is 5.75 Å². The highest BCUT2D eigenvalue weighted by Crippen LogP contribution is 2.51. The van der Waals surface area contributed by atoms with E-state index in [1.54, 1.807) is 7.11 Å². The second-order valence-electron chi connectivity index (χ2n) is 4.15. The van der Waals surface area contributed by atoms with Crippen LogP contribution in [0.2, 0.25) is 0 Å². The molecule has 2 unspecified atom stereocenters. The summed E-state index contributed by atoms with van der Waals surface area (Å²) in [4.78, 5) is 11.6. The van der Waals surface area contributed by atoms with Crippen LogP contribution >= 0.6 is 0 Å². The number of hydrogen-bond donors (Lipinski definition) is 0. The number of carbonyl (C=O) groups excluding carboxylic acids is 1. The predicted octanol–water partition coefficient (Wildman–Crippen LogP) is 2.24. The smallest absolute Gasteiger partial charge is 0.140 e. The molecule has 2 heteroatoms. The molecule has 2 aliphatic carbocycles. The molecule has 2 aliphatic rings. The molecule has 0 aromatic heterocycles. The molecule has 1 aromatic carbocycles. The zero-order valence-corrected chi connectivity index (χ0v) is 8.12. The molecule has 0 heterocycles. The van der Waals surface area contributed by atoms with Crippen LogP contribution in [-0.4, -0.2) is 12.9 Å². The van der Waals surface area contributed by atoms with Crippen molar-refractivity contribution in [1.29, 1.82) is 0 Å². The third-order valence-corrected chi connectivity index (χ3v) is 3.47. The fourth-order valence-corrected chi connectivity index (χ4v) is 2.78. The van der Waals surface area contributed by atoms with E-state index in [4.69, 9.17) is 4.74 Å². The molecule has 0 N–H and O–H groups in total. The van der Waals surface area contributed by atoms with E-state index < -0.39 is 0 Å². The van der Waals surface area contributed by atoms with Gasteiger partial charge in [0.25, 0.3) is 0 Å². The molecule has 1 fully saturated rings. The third-order valence-electron chi connectivity index (χ3n) is 3.47. The summed E-state index contributed by atoms with van der Waals surface area (Å²) in [6.45, 7) is 0. The van der Waals surface area contributed by atoms with E-state index in [1.807, 2.05) is 12.1 Å². The van der Waals surface area contributed by atoms with Gasteiger partial charge in [-0.25, -0.2) is 0 Å². The molecule has 2 atom stereocenters. The largest absolute Gasteiger partial charge is 0.497 e. The van der Waals surface area contributed by atoms with Gasteiger partial charge in [-0.05, 0) is 35.6 Å². The maximum atomic E-state index is 11.6. The van der Waals surface area contributed by atoms with Crippen molar-refractivity contribution in [3.8, 4) is 5.75 Å². The van der Waals surface area contributed by atoms with E-state index in [0.717, 1.165) is 18.6 Å². The Bertz CT molecular complexity index is 409. The lowest BCUT2D eigenvalue weighted by molar-refractivity contribution is -0.118. The zero-order valence-electron chi connectivity index (χ0n) is 8.12. The Morgan fingerprint density at radius 3 is 3.00 bits per heavy atom. The summed E-state index contributed by atoms with van der Waals surface area (Å²) in [6, 6.07) is 6.13. The van der Waals surface area contributed by atoms with Gasteiger partial charge in [0, 0.05) is 12.3 Å². The van der Waals surface area contributed by atoms with Gasteiger partial charge in [0.05, 0.1) is 7.11 Å². The standard InChI is InChI=1S/C12H12O2/c1-14-8-2-3-9-7-4-11(10(9)6-8)12(13)5-7/h2-3,6-7,11H,4-5H2,1H3. The molecule has 2 bridgehead atoms. The van der Waals surface area contributed by atoms with Gasteiger partial charge in [-0.1, -0.05) is 6.07 Å². The molecule has 14 heavy (non-hydrogen) atoms. The van der Waals surface area contributed by atoms with Crippen LogP contribution in [-0.2, 0) is 4.79 Å². The minimum absolute atomic E-state index is 0.171. The lowest BCUT2D eigenvalue weighted by atomic mass is 9.91. The SMILES string of the molecule is COc1ccc2c(c1)C1CC2CC1=O. The van der Waals surface area contributed by atoms with E-state index in [9.17, 15) is 4.79 Å². The first kappa shape index (κ1) is 8.04. The first-order chi connectivity index (χ1) is 6.79. The number of ketones is 1. The predicted molar refractivity (Wildman–Crippen MR) is 52.7 cm³/mol. The lowest BCUT2D eigenvalue weighted by Gasteiger charge is -2.14. The summed E-state index contributed by atoms with van der Waals surface area (Å²) in [5, 5.41) is 0. The molecule has 0 amide bonds. The molecule has 1 aromatic rings. The average molecular weight is 188 g/mol. The van der Waals surface area contributed by atoms with Crippen molar-refractivity contribution < 1.29 is 9.53 Å². The monoisotopic (exact) mass is 188 g/mol. The minimum atomic E-state index is 0.171. The summed E-state index contributed by atoms with van der Waals surface area (Å²) < 4.78 is 5.17. The second-order valence-corrected chi connectivity index (χ2v) is 4.15. The first-order valence-corrected chi connectivity index (χ1v) is 5.00. The van der Waals surface area contributed by atoms with Gasteiger partial charge in [0.1, 0.15) is 11.5 Å². The fourth-order valence-electron chi connectivity index (χ4n) is 2.78. The Labute approximate surface area is 82.9 Å². The lowest BCUT2D eigenvalue weighted by Crippen LogP contribution is -2.09. The van der Waals surface area contributed by atoms with Crippen molar-refractivity contribution in [3.05, 3.63) is 29.3 Å². The van der Waals surface area contributed by atoms with Gasteiger partial charge >= 0.3 is 0 Å². The Hall–Kier alpha value is -1.31. The summed E-state index contributed by atoms with van der Waals surface area (Å²) in [7, 11) is 1.66. The summed E-state index contributed by atoms with van der Waals surface area (Å²) in [5.74, 6) is 1.94. The van der Waals surface area contributed by atoms with Gasteiger partial charge in [0.15, 0.2) is 0 Å². The Morgan fingerprint density at radius 1 is 1.36 bits per heavy atom. The molecule has 0 radical (unpaired) electrons. The molecule has 1 saturated carbocycles. The van der Waals surface area contributed by atoms with Gasteiger partial charge in [-0.2, -0.15) is 0 Å². The van der Waals surface area contributed by atoms with Crippen LogP contribution in [0.25, 0.3) is 0 Å². The molecule has 3 rings (SSSR count). The highest BCUT2D eigenvalue weighted by Gasteiger charge is 2.42. The molecular formula is C12H12O2. The number of Topliss-reactive ketones (excluding diaryl/α,β-unsaturated/α-hetero) is 1. The Balaban J connectivity index is 2.13. The van der Waals surface area contributed by atoms with Crippen molar-refractivity contribution in [1.82, 2.24) is 0 Å². The zero-order chi connectivity index (χ0) is 9.71. The topological polar surface area (TPSA) is 26.3 Å². The van der Waals surface area contributed by atoms with E-state index >= 15 is 0 Å². The van der Waals surface area contributed by atoms with Crippen molar-refractivity contribution in [3.63, 3.8) is 0 Å². The van der Waals surface area contributed by atoms with Crippen molar-refractivity contribution in [2.45, 2.75) is 24.7 Å². The van der Waals surface area contributed by atoms with Gasteiger partial charge in [-0.15, -0.1) is 0 Å². The van der Waals surface area contributed by atoms with Crippen LogP contribution < -0.4 is 4.74 Å². The van der Waals surface area contributed by atoms with E-state index in [2.05, 4.69) is 6.07 Å². The molecule has 72 valence electrons. The molecule has 0 aliphatic heterocycles. The Kier molecular flexibility index (Phi) is 1.49. The molecule has 0 spiro atoms. The summed E-state index contributed by atoms with van der Waals surface area (Å²) >= 11 is 0. The second kappa shape index (κ2) is 2.59. The van der Waals surface area contributed by atoms with Gasteiger partial charge in [0.2, 0.25) is 0 Å². The molecular weight excluding hydrogens is 176 g/mol. The summed E-state index contributed by atoms with van der Waals surface area (Å²) in [5.41, 5.74) is 2.58. The van der Waals surface area contributed by atoms with Crippen molar-refractivity contribution in [2.24, 2.45) is 0 Å². The highest BCUT2D eigenvalue weighted by atomic mass is 16.5. The number of ether oxygens (including phenoxy) is 1. The van der Waals surface area contributed by atoms with Gasteiger partial charge < -0.3 is 4.74 Å². The number of hydrogen-bond acceptors (Lipinski definition) is 2. The summed E-state index contributed by atoms with van der Waals surface area (Å²) in [6.07, 6.45) is 1.78. The van der Waals surface area contributed by atoms with Crippen molar-refractivity contribution >= 4 is 5.78 Å². The number of carbonyl (C=O) groups is 1. The van der Waals surface area contributed by atoms with Crippen molar-refractivity contribution in [2.75, 3.05) is 7.11 Å². The number of rotatable bonds is 1. The maximum Gasteiger partial charge on any atom is 0.140 e. The maximum absolute atomic E-state index is 11.6.